The maximum atomic E-state index is 8.13. The van der Waals surface area contributed by atoms with Crippen LogP contribution in [-0.2, 0) is 23.7 Å². The first-order valence-electron chi connectivity index (χ1n) is 10.1. The van der Waals surface area contributed by atoms with Gasteiger partial charge in [-0.3, -0.25) is 0 Å². The molecule has 0 radical (unpaired) electrons. The van der Waals surface area contributed by atoms with Crippen LogP contribution in [0.5, 0.6) is 0 Å². The lowest BCUT2D eigenvalue weighted by atomic mass is 10.5. The zero-order chi connectivity index (χ0) is 21.0. The lowest BCUT2D eigenvalue weighted by Crippen LogP contribution is -2.25. The molecule has 0 amide bonds. The van der Waals surface area contributed by atoms with Crippen LogP contribution in [0.15, 0.2) is 0 Å². The number of nitrogens with one attached hydrogen (secondary N) is 1. The molecule has 0 bridgehead atoms. The van der Waals surface area contributed by atoms with E-state index in [0.717, 1.165) is 25.9 Å². The van der Waals surface area contributed by atoms with Crippen molar-refractivity contribution in [3.63, 3.8) is 0 Å². The summed E-state index contributed by atoms with van der Waals surface area (Å²) in [5.74, 6) is 0. The highest BCUT2D eigenvalue weighted by Crippen LogP contribution is 1.83. The van der Waals surface area contributed by atoms with Gasteiger partial charge in [-0.05, 0) is 25.9 Å². The first kappa shape index (κ1) is 29.8. The summed E-state index contributed by atoms with van der Waals surface area (Å²) in [6, 6.07) is 0. The van der Waals surface area contributed by atoms with Crippen LogP contribution in [0.4, 0.5) is 0 Å². The molecule has 0 aromatic carbocycles. The van der Waals surface area contributed by atoms with Gasteiger partial charge >= 0.3 is 0 Å². The van der Waals surface area contributed by atoms with E-state index in [4.69, 9.17) is 46.0 Å². The van der Waals surface area contributed by atoms with Crippen molar-refractivity contribution in [2.45, 2.75) is 12.8 Å². The van der Waals surface area contributed by atoms with E-state index in [2.05, 4.69) is 5.32 Å². The first-order valence-corrected chi connectivity index (χ1v) is 10.1. The van der Waals surface area contributed by atoms with Gasteiger partial charge in [0, 0.05) is 32.8 Å². The van der Waals surface area contributed by atoms with E-state index in [0.29, 0.717) is 85.7 Å². The van der Waals surface area contributed by atoms with Crippen LogP contribution in [0.3, 0.4) is 0 Å². The van der Waals surface area contributed by atoms with Gasteiger partial charge in [-0.2, -0.15) is 0 Å². The van der Waals surface area contributed by atoms with Gasteiger partial charge in [-0.15, -0.1) is 0 Å². The molecule has 0 fully saturated rings. The summed E-state index contributed by atoms with van der Waals surface area (Å²) in [4.78, 5) is 0. The molecular weight excluding hydrogens is 368 g/mol. The molecule has 28 heavy (non-hydrogen) atoms. The second kappa shape index (κ2) is 31.3. The van der Waals surface area contributed by atoms with Crippen LogP contribution >= 0.6 is 0 Å². The Labute approximate surface area is 170 Å². The highest BCUT2D eigenvalue weighted by atomic mass is 16.5. The minimum atomic E-state index is 0.0833. The van der Waals surface area contributed by atoms with Crippen molar-refractivity contribution in [2.24, 2.45) is 17.2 Å². The van der Waals surface area contributed by atoms with Crippen LogP contribution in [0.25, 0.3) is 0 Å². The molecule has 10 nitrogen and oxygen atoms in total. The molecule has 172 valence electrons. The third-order valence-electron chi connectivity index (χ3n) is 3.07. The molecule has 8 N–H and O–H groups in total. The SMILES string of the molecule is NCCCOCCOCCNCCOCCOCCCN.NCCOCCO. The Bertz CT molecular complexity index is 234. The Balaban J connectivity index is 0. The summed E-state index contributed by atoms with van der Waals surface area (Å²) in [7, 11) is 0. The standard InChI is InChI=1S/C14H33N3O4.C4H11NO2/c15-3-1-7-18-11-13-20-9-5-17-6-10-21-14-12-19-8-2-4-16;5-1-3-7-4-2-6/h17H,1-16H2;6H,1-5H2. The Hall–Kier alpha value is -0.400. The summed E-state index contributed by atoms with van der Waals surface area (Å²) < 4.78 is 26.2. The second-order valence-corrected chi connectivity index (χ2v) is 5.61. The third kappa shape index (κ3) is 33.2. The third-order valence-corrected chi connectivity index (χ3v) is 3.07. The Morgan fingerprint density at radius 2 is 0.929 bits per heavy atom. The highest BCUT2D eigenvalue weighted by molar-refractivity contribution is 4.45. The van der Waals surface area contributed by atoms with Crippen molar-refractivity contribution in [2.75, 3.05) is 105 Å². The van der Waals surface area contributed by atoms with Gasteiger partial charge in [0.2, 0.25) is 0 Å². The van der Waals surface area contributed by atoms with Gasteiger partial charge in [0.15, 0.2) is 0 Å². The van der Waals surface area contributed by atoms with Crippen LogP contribution < -0.4 is 22.5 Å². The number of ether oxygens (including phenoxy) is 5. The molecule has 0 saturated heterocycles. The zero-order valence-corrected chi connectivity index (χ0v) is 17.4. The van der Waals surface area contributed by atoms with Gasteiger partial charge in [0.05, 0.1) is 59.5 Å². The number of nitrogens with two attached hydrogens (primary N) is 3. The van der Waals surface area contributed by atoms with E-state index >= 15 is 0 Å². The Kier molecular flexibility index (Phi) is 33.3. The fourth-order valence-electron chi connectivity index (χ4n) is 1.68. The average molecular weight is 413 g/mol. The summed E-state index contributed by atoms with van der Waals surface area (Å²) in [6.45, 7) is 9.85. The molecular formula is C18H44N4O6. The number of aliphatic hydroxyl groups is 1. The van der Waals surface area contributed by atoms with E-state index in [1.807, 2.05) is 0 Å². The lowest BCUT2D eigenvalue weighted by molar-refractivity contribution is 0.0426. The Morgan fingerprint density at radius 1 is 0.500 bits per heavy atom. The van der Waals surface area contributed by atoms with Crippen molar-refractivity contribution in [3.05, 3.63) is 0 Å². The second-order valence-electron chi connectivity index (χ2n) is 5.61. The number of aliphatic hydroxyl groups excluding tert-OH is 1. The van der Waals surface area contributed by atoms with Crippen molar-refractivity contribution < 1.29 is 28.8 Å². The molecule has 10 heteroatoms. The molecule has 0 unspecified atom stereocenters. The number of hydrogen-bond donors (Lipinski definition) is 5. The molecule has 0 rings (SSSR count). The van der Waals surface area contributed by atoms with Gasteiger partial charge in [-0.25, -0.2) is 0 Å². The largest absolute Gasteiger partial charge is 0.394 e. The zero-order valence-electron chi connectivity index (χ0n) is 17.4. The summed E-state index contributed by atoms with van der Waals surface area (Å²) >= 11 is 0. The smallest absolute Gasteiger partial charge is 0.0701 e. The van der Waals surface area contributed by atoms with Gasteiger partial charge < -0.3 is 51.3 Å². The predicted octanol–water partition coefficient (Wildman–Crippen LogP) is -1.71. The van der Waals surface area contributed by atoms with Crippen LogP contribution in [0.1, 0.15) is 12.8 Å². The molecule has 0 aromatic rings. The van der Waals surface area contributed by atoms with E-state index in [1.54, 1.807) is 0 Å². The molecule has 0 aliphatic rings. The monoisotopic (exact) mass is 412 g/mol. The molecule has 0 aliphatic heterocycles. The fraction of sp³-hybridized carbons (Fsp3) is 1.00. The van der Waals surface area contributed by atoms with E-state index in [9.17, 15) is 0 Å². The molecule has 0 spiro atoms. The minimum absolute atomic E-state index is 0.0833. The molecule has 0 atom stereocenters. The maximum Gasteiger partial charge on any atom is 0.0701 e. The first-order chi connectivity index (χ1) is 13.8. The van der Waals surface area contributed by atoms with E-state index in [1.165, 1.54) is 0 Å². The number of rotatable bonds is 22. The lowest BCUT2D eigenvalue weighted by Gasteiger charge is -2.08. The van der Waals surface area contributed by atoms with Crippen molar-refractivity contribution in [3.8, 4) is 0 Å². The summed E-state index contributed by atoms with van der Waals surface area (Å²) in [6.07, 6.45) is 1.80. The minimum Gasteiger partial charge on any atom is -0.394 e. The molecule has 0 aromatic heterocycles. The quantitative estimate of drug-likeness (QED) is 0.130. The summed E-state index contributed by atoms with van der Waals surface area (Å²) in [5, 5.41) is 11.4. The van der Waals surface area contributed by atoms with E-state index < -0.39 is 0 Å². The van der Waals surface area contributed by atoms with Crippen molar-refractivity contribution in [1.29, 1.82) is 0 Å². The van der Waals surface area contributed by atoms with Gasteiger partial charge in [-0.1, -0.05) is 0 Å². The van der Waals surface area contributed by atoms with Crippen LogP contribution in [0, 0.1) is 0 Å². The topological polar surface area (TPSA) is 156 Å². The van der Waals surface area contributed by atoms with Gasteiger partial charge in [0.1, 0.15) is 0 Å². The van der Waals surface area contributed by atoms with Crippen molar-refractivity contribution in [1.82, 2.24) is 5.32 Å². The number of hydrogen-bond acceptors (Lipinski definition) is 10. The van der Waals surface area contributed by atoms with Gasteiger partial charge in [0.25, 0.3) is 0 Å². The predicted molar refractivity (Wildman–Crippen MR) is 110 cm³/mol. The summed E-state index contributed by atoms with van der Waals surface area (Å²) in [5.41, 5.74) is 15.8. The Morgan fingerprint density at radius 3 is 1.32 bits per heavy atom. The molecule has 0 aliphatic carbocycles. The molecule has 0 saturated carbocycles. The van der Waals surface area contributed by atoms with Crippen molar-refractivity contribution >= 4 is 0 Å². The maximum absolute atomic E-state index is 8.13. The average Bonchev–Trinajstić information content (AvgIpc) is 2.71. The normalized spacial score (nSPS) is 10.7. The van der Waals surface area contributed by atoms with Crippen LogP contribution in [0.2, 0.25) is 0 Å². The van der Waals surface area contributed by atoms with Crippen LogP contribution in [-0.4, -0.2) is 111 Å². The highest BCUT2D eigenvalue weighted by Gasteiger charge is 1.92. The fourth-order valence-corrected chi connectivity index (χ4v) is 1.68. The van der Waals surface area contributed by atoms with E-state index in [-0.39, 0.29) is 6.61 Å². The molecule has 0 heterocycles.